The quantitative estimate of drug-likeness (QED) is 0.667. The number of ether oxygens (including phenoxy) is 1. The second-order valence-corrected chi connectivity index (χ2v) is 5.83. The molecule has 0 saturated heterocycles. The number of aromatic nitrogens is 2. The molecule has 2 rings (SSSR count). The standard InChI is InChI=1S/C16H25N3O3/c1-3-22-16(21)14(12-8-6-4-5-7-9-12)17-15(20)13-10-11-19(2)18-13/h10-12,14H,3-9H2,1-2H3,(H,17,20). The van der Waals surface area contributed by atoms with Gasteiger partial charge in [-0.25, -0.2) is 4.79 Å². The van der Waals surface area contributed by atoms with Gasteiger partial charge in [0.15, 0.2) is 0 Å². The van der Waals surface area contributed by atoms with Crippen molar-refractivity contribution in [2.75, 3.05) is 6.61 Å². The molecule has 0 bridgehead atoms. The number of carbonyl (C=O) groups is 2. The molecule has 0 radical (unpaired) electrons. The minimum absolute atomic E-state index is 0.147. The van der Waals surface area contributed by atoms with Crippen LogP contribution in [-0.2, 0) is 16.6 Å². The first-order valence-corrected chi connectivity index (χ1v) is 8.09. The maximum absolute atomic E-state index is 12.3. The van der Waals surface area contributed by atoms with Crippen LogP contribution in [0.5, 0.6) is 0 Å². The van der Waals surface area contributed by atoms with Crippen molar-refractivity contribution in [2.45, 2.75) is 51.5 Å². The number of esters is 1. The van der Waals surface area contributed by atoms with Crippen molar-refractivity contribution >= 4 is 11.9 Å². The Hall–Kier alpha value is -1.85. The first-order chi connectivity index (χ1) is 10.6. The zero-order valence-corrected chi connectivity index (χ0v) is 13.4. The van der Waals surface area contributed by atoms with Gasteiger partial charge in [-0.2, -0.15) is 5.10 Å². The molecule has 1 unspecified atom stereocenters. The highest BCUT2D eigenvalue weighted by Crippen LogP contribution is 2.26. The molecule has 1 N–H and O–H groups in total. The number of nitrogens with zero attached hydrogens (tertiary/aromatic N) is 2. The molecule has 1 heterocycles. The van der Waals surface area contributed by atoms with E-state index < -0.39 is 6.04 Å². The third-order valence-corrected chi connectivity index (χ3v) is 4.14. The lowest BCUT2D eigenvalue weighted by molar-refractivity contribution is -0.147. The maximum Gasteiger partial charge on any atom is 0.328 e. The first kappa shape index (κ1) is 16.5. The molecular weight excluding hydrogens is 282 g/mol. The van der Waals surface area contributed by atoms with E-state index >= 15 is 0 Å². The smallest absolute Gasteiger partial charge is 0.328 e. The molecule has 1 fully saturated rings. The van der Waals surface area contributed by atoms with Crippen LogP contribution in [0, 0.1) is 5.92 Å². The molecular formula is C16H25N3O3. The van der Waals surface area contributed by atoms with Gasteiger partial charge in [0.05, 0.1) is 6.61 Å². The van der Waals surface area contributed by atoms with Crippen molar-refractivity contribution < 1.29 is 14.3 Å². The average molecular weight is 307 g/mol. The van der Waals surface area contributed by atoms with E-state index in [0.29, 0.717) is 12.3 Å². The molecule has 6 nitrogen and oxygen atoms in total. The van der Waals surface area contributed by atoms with Gasteiger partial charge in [-0.1, -0.05) is 25.7 Å². The van der Waals surface area contributed by atoms with E-state index in [1.807, 2.05) is 0 Å². The van der Waals surface area contributed by atoms with Crippen LogP contribution in [0.15, 0.2) is 12.3 Å². The monoisotopic (exact) mass is 307 g/mol. The summed E-state index contributed by atoms with van der Waals surface area (Å²) in [4.78, 5) is 24.6. The molecule has 22 heavy (non-hydrogen) atoms. The molecule has 1 aromatic heterocycles. The lowest BCUT2D eigenvalue weighted by Gasteiger charge is -2.25. The number of amides is 1. The Labute approximate surface area is 131 Å². The fourth-order valence-electron chi connectivity index (χ4n) is 3.00. The fourth-order valence-corrected chi connectivity index (χ4v) is 3.00. The summed E-state index contributed by atoms with van der Waals surface area (Å²) in [6.07, 6.45) is 8.19. The molecule has 0 spiro atoms. The molecule has 1 saturated carbocycles. The highest BCUT2D eigenvalue weighted by molar-refractivity contribution is 5.95. The normalized spacial score (nSPS) is 17.5. The highest BCUT2D eigenvalue weighted by Gasteiger charge is 2.32. The Morgan fingerprint density at radius 2 is 2.05 bits per heavy atom. The van der Waals surface area contributed by atoms with Crippen LogP contribution < -0.4 is 5.32 Å². The topological polar surface area (TPSA) is 73.2 Å². The number of nitrogens with one attached hydrogen (secondary N) is 1. The largest absolute Gasteiger partial charge is 0.464 e. The molecule has 1 aromatic rings. The van der Waals surface area contributed by atoms with Crippen LogP contribution >= 0.6 is 0 Å². The van der Waals surface area contributed by atoms with Gasteiger partial charge in [-0.05, 0) is 31.7 Å². The van der Waals surface area contributed by atoms with Crippen LogP contribution in [-0.4, -0.2) is 34.3 Å². The Balaban J connectivity index is 2.09. The number of rotatable bonds is 5. The number of carbonyl (C=O) groups excluding carboxylic acids is 2. The van der Waals surface area contributed by atoms with Crippen LogP contribution in [0.3, 0.4) is 0 Å². The summed E-state index contributed by atoms with van der Waals surface area (Å²) in [5.74, 6) is -0.504. The minimum atomic E-state index is -0.576. The van der Waals surface area contributed by atoms with E-state index in [0.717, 1.165) is 25.7 Å². The summed E-state index contributed by atoms with van der Waals surface area (Å²) in [7, 11) is 1.75. The van der Waals surface area contributed by atoms with E-state index in [4.69, 9.17) is 4.74 Å². The summed E-state index contributed by atoms with van der Waals surface area (Å²) < 4.78 is 6.73. The Morgan fingerprint density at radius 3 is 2.59 bits per heavy atom. The van der Waals surface area contributed by atoms with E-state index in [1.165, 1.54) is 12.8 Å². The molecule has 1 amide bonds. The molecule has 0 aromatic carbocycles. The highest BCUT2D eigenvalue weighted by atomic mass is 16.5. The van der Waals surface area contributed by atoms with Crippen molar-refractivity contribution in [2.24, 2.45) is 13.0 Å². The molecule has 1 atom stereocenters. The van der Waals surface area contributed by atoms with Crippen molar-refractivity contribution in [1.82, 2.24) is 15.1 Å². The van der Waals surface area contributed by atoms with E-state index in [2.05, 4.69) is 10.4 Å². The van der Waals surface area contributed by atoms with Gasteiger partial charge in [-0.15, -0.1) is 0 Å². The Kier molecular flexibility index (Phi) is 5.98. The third kappa shape index (κ3) is 4.32. The first-order valence-electron chi connectivity index (χ1n) is 8.09. The van der Waals surface area contributed by atoms with Crippen LogP contribution in [0.25, 0.3) is 0 Å². The fraction of sp³-hybridized carbons (Fsp3) is 0.688. The second-order valence-electron chi connectivity index (χ2n) is 5.83. The van der Waals surface area contributed by atoms with E-state index in [9.17, 15) is 9.59 Å². The van der Waals surface area contributed by atoms with E-state index in [1.54, 1.807) is 30.9 Å². The average Bonchev–Trinajstić information content (AvgIpc) is 2.76. The lowest BCUT2D eigenvalue weighted by Crippen LogP contribution is -2.47. The summed E-state index contributed by atoms with van der Waals surface area (Å²) >= 11 is 0. The van der Waals surface area contributed by atoms with E-state index in [-0.39, 0.29) is 17.8 Å². The lowest BCUT2D eigenvalue weighted by atomic mass is 9.91. The van der Waals surface area contributed by atoms with Crippen molar-refractivity contribution in [3.05, 3.63) is 18.0 Å². The predicted octanol–water partition coefficient (Wildman–Crippen LogP) is 2.05. The molecule has 6 heteroatoms. The van der Waals surface area contributed by atoms with Crippen molar-refractivity contribution in [1.29, 1.82) is 0 Å². The third-order valence-electron chi connectivity index (χ3n) is 4.14. The zero-order chi connectivity index (χ0) is 15.9. The Bertz CT molecular complexity index is 504. The van der Waals surface area contributed by atoms with Crippen LogP contribution in [0.4, 0.5) is 0 Å². The SMILES string of the molecule is CCOC(=O)C(NC(=O)c1ccn(C)n1)C1CCCCCC1. The number of hydrogen-bond acceptors (Lipinski definition) is 4. The van der Waals surface area contributed by atoms with Gasteiger partial charge in [0, 0.05) is 13.2 Å². The van der Waals surface area contributed by atoms with Gasteiger partial charge in [0.2, 0.25) is 0 Å². The van der Waals surface area contributed by atoms with Gasteiger partial charge < -0.3 is 10.1 Å². The van der Waals surface area contributed by atoms with Crippen LogP contribution in [0.1, 0.15) is 55.9 Å². The number of aryl methyl sites for hydroxylation is 1. The summed E-state index contributed by atoms with van der Waals surface area (Å²) in [5, 5.41) is 6.92. The maximum atomic E-state index is 12.3. The van der Waals surface area contributed by atoms with Crippen LogP contribution in [0.2, 0.25) is 0 Å². The molecule has 122 valence electrons. The molecule has 1 aliphatic rings. The van der Waals surface area contributed by atoms with Crippen molar-refractivity contribution in [3.8, 4) is 0 Å². The molecule has 1 aliphatic carbocycles. The summed E-state index contributed by atoms with van der Waals surface area (Å²) in [6, 6.07) is 1.07. The Morgan fingerprint density at radius 1 is 1.36 bits per heavy atom. The van der Waals surface area contributed by atoms with Gasteiger partial charge >= 0.3 is 5.97 Å². The second kappa shape index (κ2) is 7.96. The summed E-state index contributed by atoms with van der Waals surface area (Å²) in [6.45, 7) is 2.10. The van der Waals surface area contributed by atoms with Gasteiger partial charge in [0.1, 0.15) is 11.7 Å². The van der Waals surface area contributed by atoms with Crippen molar-refractivity contribution in [3.63, 3.8) is 0 Å². The van der Waals surface area contributed by atoms with Gasteiger partial charge in [0.25, 0.3) is 5.91 Å². The van der Waals surface area contributed by atoms with Gasteiger partial charge in [-0.3, -0.25) is 9.48 Å². The minimum Gasteiger partial charge on any atom is -0.464 e. The molecule has 0 aliphatic heterocycles. The zero-order valence-electron chi connectivity index (χ0n) is 13.4. The number of hydrogen-bond donors (Lipinski definition) is 1. The summed E-state index contributed by atoms with van der Waals surface area (Å²) in [5.41, 5.74) is 0.324. The predicted molar refractivity (Wildman–Crippen MR) is 82.3 cm³/mol.